The van der Waals surface area contributed by atoms with E-state index in [4.69, 9.17) is 0 Å². The van der Waals surface area contributed by atoms with Gasteiger partial charge in [-0.05, 0) is 37.5 Å². The van der Waals surface area contributed by atoms with Crippen LogP contribution < -0.4 is 4.72 Å². The molecule has 4 rings (SSSR count). The molecule has 0 atom stereocenters. The van der Waals surface area contributed by atoms with Crippen molar-refractivity contribution >= 4 is 21.8 Å². The third-order valence-corrected chi connectivity index (χ3v) is 6.70. The van der Waals surface area contributed by atoms with E-state index in [1.54, 1.807) is 24.9 Å². The van der Waals surface area contributed by atoms with E-state index in [1.807, 2.05) is 0 Å². The van der Waals surface area contributed by atoms with Crippen molar-refractivity contribution in [1.82, 2.24) is 19.4 Å². The van der Waals surface area contributed by atoms with Crippen LogP contribution in [0.2, 0.25) is 0 Å². The van der Waals surface area contributed by atoms with Crippen LogP contribution in [-0.2, 0) is 34.8 Å². The van der Waals surface area contributed by atoms with Crippen molar-refractivity contribution in [3.05, 3.63) is 47.0 Å². The van der Waals surface area contributed by atoms with Gasteiger partial charge in [0.05, 0.1) is 19.2 Å². The van der Waals surface area contributed by atoms with Crippen LogP contribution in [0.5, 0.6) is 0 Å². The van der Waals surface area contributed by atoms with Crippen molar-refractivity contribution in [1.29, 1.82) is 0 Å². The molecule has 28 heavy (non-hydrogen) atoms. The van der Waals surface area contributed by atoms with Gasteiger partial charge in [-0.3, -0.25) is 19.2 Å². The number of carbonyl (C=O) groups is 2. The minimum absolute atomic E-state index is 0.0146. The number of benzene rings is 1. The zero-order chi connectivity index (χ0) is 20.3. The Labute approximate surface area is 161 Å². The Bertz CT molecular complexity index is 1100. The molecule has 1 N–H and O–H groups in total. The summed E-state index contributed by atoms with van der Waals surface area (Å²) in [7, 11) is -2.41. The third-order valence-electron chi connectivity index (χ3n) is 5.05. The number of sulfonamides is 1. The molecular formula is C18H19FN4O4S. The molecule has 0 spiro atoms. The van der Waals surface area contributed by atoms with E-state index in [0.717, 1.165) is 17.0 Å². The molecular weight excluding hydrogens is 387 g/mol. The molecule has 0 unspecified atom stereocenters. The molecule has 1 aromatic heterocycles. The average Bonchev–Trinajstić information content (AvgIpc) is 3.15. The van der Waals surface area contributed by atoms with Gasteiger partial charge < -0.3 is 0 Å². The monoisotopic (exact) mass is 406 g/mol. The molecule has 0 bridgehead atoms. The first kappa shape index (κ1) is 18.8. The minimum Gasteiger partial charge on any atom is -0.275 e. The summed E-state index contributed by atoms with van der Waals surface area (Å²) in [5, 5.41) is 4.00. The minimum atomic E-state index is -4.12. The Morgan fingerprint density at radius 3 is 2.61 bits per heavy atom. The number of aromatic nitrogens is 2. The van der Waals surface area contributed by atoms with Gasteiger partial charge in [0.1, 0.15) is 10.7 Å². The summed E-state index contributed by atoms with van der Waals surface area (Å²) in [6, 6.07) is 2.00. The van der Waals surface area contributed by atoms with Gasteiger partial charge in [-0.25, -0.2) is 17.5 Å². The largest absolute Gasteiger partial charge is 0.275 e. The van der Waals surface area contributed by atoms with Gasteiger partial charge in [0.2, 0.25) is 15.9 Å². The topological polar surface area (TPSA) is 101 Å². The first-order valence-electron chi connectivity index (χ1n) is 8.77. The molecule has 1 saturated carbocycles. The summed E-state index contributed by atoms with van der Waals surface area (Å²) in [6.45, 7) is 1.75. The molecule has 1 aliphatic carbocycles. The number of rotatable bonds is 5. The molecule has 2 heterocycles. The van der Waals surface area contributed by atoms with Gasteiger partial charge in [0, 0.05) is 29.9 Å². The molecule has 10 heteroatoms. The smallest absolute Gasteiger partial charge is 0.261 e. The zero-order valence-corrected chi connectivity index (χ0v) is 16.2. The van der Waals surface area contributed by atoms with Gasteiger partial charge in [0.15, 0.2) is 0 Å². The standard InChI is InChI=1S/C18H19FN4O4S/c1-18(3-4-18)21-28(26,27)15-7-13-12(5-14(15)19)6-16(24)23(17(13)25)10-11-8-20-22(2)9-11/h5,7-9,21H,3-4,6,10H2,1-2H3. The van der Waals surface area contributed by atoms with Crippen molar-refractivity contribution in [3.63, 3.8) is 0 Å². The Kier molecular flexibility index (Phi) is 4.16. The maximum atomic E-state index is 14.5. The number of fused-ring (bicyclic) bond motifs is 1. The Morgan fingerprint density at radius 1 is 1.29 bits per heavy atom. The maximum absolute atomic E-state index is 14.5. The van der Waals surface area contributed by atoms with Crippen LogP contribution in [0.15, 0.2) is 29.4 Å². The van der Waals surface area contributed by atoms with Crippen molar-refractivity contribution in [2.45, 2.75) is 43.2 Å². The Hall–Kier alpha value is -2.59. The Morgan fingerprint density at radius 2 is 2.00 bits per heavy atom. The van der Waals surface area contributed by atoms with Crippen LogP contribution in [0.3, 0.4) is 0 Å². The number of carbonyl (C=O) groups excluding carboxylic acids is 2. The highest BCUT2D eigenvalue weighted by Crippen LogP contribution is 2.36. The fourth-order valence-electron chi connectivity index (χ4n) is 3.23. The number of nitrogens with zero attached hydrogens (tertiary/aromatic N) is 3. The molecule has 0 saturated heterocycles. The van der Waals surface area contributed by atoms with Gasteiger partial charge in [0.25, 0.3) is 5.91 Å². The second-order valence-corrected chi connectivity index (χ2v) is 9.24. The Balaban J connectivity index is 1.69. The maximum Gasteiger partial charge on any atom is 0.261 e. The lowest BCUT2D eigenvalue weighted by Gasteiger charge is -2.27. The summed E-state index contributed by atoms with van der Waals surface area (Å²) >= 11 is 0. The van der Waals surface area contributed by atoms with Crippen LogP contribution in [-0.4, -0.2) is 40.5 Å². The first-order valence-corrected chi connectivity index (χ1v) is 10.2. The number of halogens is 1. The first-order chi connectivity index (χ1) is 13.1. The van der Waals surface area contributed by atoms with E-state index in [9.17, 15) is 22.4 Å². The van der Waals surface area contributed by atoms with Crippen LogP contribution in [0, 0.1) is 5.82 Å². The number of aryl methyl sites for hydroxylation is 1. The highest BCUT2D eigenvalue weighted by Gasteiger charge is 2.42. The summed E-state index contributed by atoms with van der Waals surface area (Å²) in [6.07, 6.45) is 4.38. The van der Waals surface area contributed by atoms with E-state index < -0.39 is 38.1 Å². The molecule has 1 aliphatic heterocycles. The zero-order valence-electron chi connectivity index (χ0n) is 15.4. The molecule has 2 amide bonds. The number of imide groups is 1. The van der Waals surface area contributed by atoms with Crippen LogP contribution in [0.4, 0.5) is 4.39 Å². The quantitative estimate of drug-likeness (QED) is 0.750. The summed E-state index contributed by atoms with van der Waals surface area (Å²) in [5.41, 5.74) is 0.289. The molecule has 1 fully saturated rings. The van der Waals surface area contributed by atoms with Crippen LogP contribution in [0.1, 0.15) is 41.3 Å². The lowest BCUT2D eigenvalue weighted by molar-refractivity contribution is -0.128. The lowest BCUT2D eigenvalue weighted by Crippen LogP contribution is -2.42. The van der Waals surface area contributed by atoms with Gasteiger partial charge in [-0.1, -0.05) is 0 Å². The van der Waals surface area contributed by atoms with E-state index in [0.29, 0.717) is 18.4 Å². The predicted octanol–water partition coefficient (Wildman–Crippen LogP) is 1.12. The van der Waals surface area contributed by atoms with Crippen molar-refractivity contribution < 1.29 is 22.4 Å². The molecule has 2 aliphatic rings. The van der Waals surface area contributed by atoms with E-state index >= 15 is 0 Å². The average molecular weight is 406 g/mol. The second-order valence-electron chi connectivity index (χ2n) is 7.59. The molecule has 8 nitrogen and oxygen atoms in total. The van der Waals surface area contributed by atoms with E-state index in [-0.39, 0.29) is 24.1 Å². The van der Waals surface area contributed by atoms with Gasteiger partial charge in [-0.15, -0.1) is 0 Å². The SMILES string of the molecule is Cn1cc(CN2C(=O)Cc3cc(F)c(S(=O)(=O)NC4(C)CC4)cc3C2=O)cn1. The van der Waals surface area contributed by atoms with Crippen LogP contribution in [0.25, 0.3) is 0 Å². The highest BCUT2D eigenvalue weighted by atomic mass is 32.2. The fraction of sp³-hybridized carbons (Fsp3) is 0.389. The van der Waals surface area contributed by atoms with E-state index in [2.05, 4.69) is 9.82 Å². The van der Waals surface area contributed by atoms with E-state index in [1.165, 1.54) is 6.20 Å². The summed E-state index contributed by atoms with van der Waals surface area (Å²) in [4.78, 5) is 25.7. The predicted molar refractivity (Wildman–Crippen MR) is 96.2 cm³/mol. The van der Waals surface area contributed by atoms with Gasteiger partial charge in [-0.2, -0.15) is 5.10 Å². The number of hydrogen-bond donors (Lipinski definition) is 1. The second kappa shape index (κ2) is 6.21. The van der Waals surface area contributed by atoms with Crippen molar-refractivity contribution in [2.24, 2.45) is 7.05 Å². The highest BCUT2D eigenvalue weighted by molar-refractivity contribution is 7.89. The third kappa shape index (κ3) is 3.33. The van der Waals surface area contributed by atoms with Crippen molar-refractivity contribution in [2.75, 3.05) is 0 Å². The summed E-state index contributed by atoms with van der Waals surface area (Å²) in [5.74, 6) is -2.10. The molecule has 2 aromatic rings. The lowest BCUT2D eigenvalue weighted by atomic mass is 9.98. The number of amides is 2. The van der Waals surface area contributed by atoms with Crippen LogP contribution >= 0.6 is 0 Å². The van der Waals surface area contributed by atoms with Gasteiger partial charge >= 0.3 is 0 Å². The number of hydrogen-bond acceptors (Lipinski definition) is 5. The normalized spacial score (nSPS) is 18.3. The molecule has 148 valence electrons. The molecule has 0 radical (unpaired) electrons. The fourth-order valence-corrected chi connectivity index (χ4v) is 4.78. The summed E-state index contributed by atoms with van der Waals surface area (Å²) < 4.78 is 43.7. The number of nitrogens with one attached hydrogen (secondary N) is 1. The molecule has 1 aromatic carbocycles. The van der Waals surface area contributed by atoms with Crippen molar-refractivity contribution in [3.8, 4) is 0 Å².